The molecule has 0 bridgehead atoms. The first kappa shape index (κ1) is 26.9. The van der Waals surface area contributed by atoms with Crippen molar-refractivity contribution in [1.82, 2.24) is 0 Å². The van der Waals surface area contributed by atoms with Crippen LogP contribution in [0.15, 0.2) is 48.5 Å². The lowest BCUT2D eigenvalue weighted by Crippen LogP contribution is -2.13. The van der Waals surface area contributed by atoms with Crippen LogP contribution in [0.4, 0.5) is 0 Å². The number of aryl methyl sites for hydroxylation is 1. The van der Waals surface area contributed by atoms with Crippen LogP contribution in [0.25, 0.3) is 5.57 Å². The molecule has 0 saturated heterocycles. The number of allylic oxidation sites excluding steroid dienone is 1. The maximum absolute atomic E-state index is 8.90. The standard InChI is InChI=1S/C27H38O6/c1-21-18-23(24(20-27(2,3)4)22-8-6-5-7-9-22)19-25(32-16-14-30-12-10-28)26(21)33-17-15-31-13-11-29/h5-9,18-20,28-29H,10-17H2,1-4H3/b24-20+. The third kappa shape index (κ3) is 9.56. The summed E-state index contributed by atoms with van der Waals surface area (Å²) in [6.45, 7) is 10.5. The van der Waals surface area contributed by atoms with Gasteiger partial charge in [0.15, 0.2) is 11.5 Å². The predicted octanol–water partition coefficient (Wildman–Crippen LogP) is 4.25. The summed E-state index contributed by atoms with van der Waals surface area (Å²) in [4.78, 5) is 0. The second-order valence-corrected chi connectivity index (χ2v) is 8.78. The van der Waals surface area contributed by atoms with Crippen LogP contribution >= 0.6 is 0 Å². The fourth-order valence-electron chi connectivity index (χ4n) is 3.32. The largest absolute Gasteiger partial charge is 0.487 e. The van der Waals surface area contributed by atoms with Gasteiger partial charge in [0.1, 0.15) is 13.2 Å². The number of hydrogen-bond donors (Lipinski definition) is 2. The highest BCUT2D eigenvalue weighted by Gasteiger charge is 2.17. The summed E-state index contributed by atoms with van der Waals surface area (Å²) in [5.41, 5.74) is 4.25. The van der Waals surface area contributed by atoms with E-state index in [9.17, 15) is 0 Å². The van der Waals surface area contributed by atoms with Crippen molar-refractivity contribution in [2.24, 2.45) is 5.41 Å². The second-order valence-electron chi connectivity index (χ2n) is 8.78. The normalized spacial score (nSPS) is 12.1. The fourth-order valence-corrected chi connectivity index (χ4v) is 3.32. The topological polar surface area (TPSA) is 77.4 Å². The van der Waals surface area contributed by atoms with E-state index < -0.39 is 0 Å². The molecule has 6 nitrogen and oxygen atoms in total. The van der Waals surface area contributed by atoms with E-state index in [1.807, 2.05) is 31.2 Å². The van der Waals surface area contributed by atoms with Gasteiger partial charge in [-0.25, -0.2) is 0 Å². The minimum Gasteiger partial charge on any atom is -0.487 e. The van der Waals surface area contributed by atoms with Gasteiger partial charge < -0.3 is 29.2 Å². The summed E-state index contributed by atoms with van der Waals surface area (Å²) in [6.07, 6.45) is 2.27. The fraction of sp³-hybridized carbons (Fsp3) is 0.481. The monoisotopic (exact) mass is 458 g/mol. The first-order valence-corrected chi connectivity index (χ1v) is 11.4. The number of aliphatic hydroxyl groups excluding tert-OH is 2. The number of ether oxygens (including phenoxy) is 4. The maximum atomic E-state index is 8.90. The summed E-state index contributed by atoms with van der Waals surface area (Å²) in [5, 5.41) is 17.8. The Morgan fingerprint density at radius 3 is 1.97 bits per heavy atom. The number of benzene rings is 2. The minimum absolute atomic E-state index is 0.0156. The number of rotatable bonds is 14. The van der Waals surface area contributed by atoms with Gasteiger partial charge in [-0.1, -0.05) is 57.2 Å². The molecule has 182 valence electrons. The predicted molar refractivity (Wildman–Crippen MR) is 131 cm³/mol. The molecule has 2 aromatic carbocycles. The van der Waals surface area contributed by atoms with Gasteiger partial charge in [0.05, 0.1) is 39.6 Å². The highest BCUT2D eigenvalue weighted by molar-refractivity contribution is 5.81. The summed E-state index contributed by atoms with van der Waals surface area (Å²) in [7, 11) is 0. The Balaban J connectivity index is 2.37. The molecule has 0 unspecified atom stereocenters. The number of hydrogen-bond acceptors (Lipinski definition) is 6. The molecule has 0 aliphatic rings. The molecule has 2 aromatic rings. The molecule has 0 radical (unpaired) electrons. The molecule has 0 amide bonds. The molecule has 2 rings (SSSR count). The summed E-state index contributed by atoms with van der Waals surface area (Å²) < 4.78 is 22.7. The van der Waals surface area contributed by atoms with Gasteiger partial charge >= 0.3 is 0 Å². The van der Waals surface area contributed by atoms with Crippen molar-refractivity contribution in [3.8, 4) is 11.5 Å². The van der Waals surface area contributed by atoms with Crippen LogP contribution in [0, 0.1) is 12.3 Å². The lowest BCUT2D eigenvalue weighted by atomic mass is 9.87. The SMILES string of the molecule is Cc1cc(/C(=C/C(C)(C)C)c2ccccc2)cc(OCCOCCO)c1OCCOCCO. The molecule has 0 aliphatic heterocycles. The molecule has 6 heteroatoms. The molecule has 0 aliphatic carbocycles. The third-order valence-electron chi connectivity index (χ3n) is 4.64. The molecule has 0 heterocycles. The molecule has 0 spiro atoms. The Morgan fingerprint density at radius 2 is 1.39 bits per heavy atom. The van der Waals surface area contributed by atoms with E-state index in [1.165, 1.54) is 0 Å². The Morgan fingerprint density at radius 1 is 0.788 bits per heavy atom. The zero-order valence-corrected chi connectivity index (χ0v) is 20.3. The lowest BCUT2D eigenvalue weighted by molar-refractivity contribution is 0.0643. The minimum atomic E-state index is -0.0190. The van der Waals surface area contributed by atoms with E-state index in [1.54, 1.807) is 0 Å². The van der Waals surface area contributed by atoms with Gasteiger partial charge in [0.25, 0.3) is 0 Å². The highest BCUT2D eigenvalue weighted by Crippen LogP contribution is 2.38. The lowest BCUT2D eigenvalue weighted by Gasteiger charge is -2.21. The Labute approximate surface area is 197 Å². The molecule has 2 N–H and O–H groups in total. The molecule has 0 saturated carbocycles. The molecule has 0 fully saturated rings. The van der Waals surface area contributed by atoms with Crippen molar-refractivity contribution in [2.45, 2.75) is 27.7 Å². The van der Waals surface area contributed by atoms with Gasteiger partial charge in [-0.3, -0.25) is 0 Å². The Bertz CT molecular complexity index is 855. The summed E-state index contributed by atoms with van der Waals surface area (Å²) in [5.74, 6) is 1.30. The molecular weight excluding hydrogens is 420 g/mol. The van der Waals surface area contributed by atoms with Crippen LogP contribution in [-0.4, -0.2) is 63.1 Å². The van der Waals surface area contributed by atoms with Crippen LogP contribution in [0.1, 0.15) is 37.5 Å². The van der Waals surface area contributed by atoms with E-state index in [-0.39, 0.29) is 31.8 Å². The second kappa shape index (κ2) is 14.0. The molecule has 33 heavy (non-hydrogen) atoms. The van der Waals surface area contributed by atoms with E-state index in [0.717, 1.165) is 22.3 Å². The van der Waals surface area contributed by atoms with Crippen molar-refractivity contribution in [2.75, 3.05) is 52.9 Å². The Kier molecular flexibility index (Phi) is 11.4. The molecular formula is C27H38O6. The van der Waals surface area contributed by atoms with E-state index in [2.05, 4.69) is 45.0 Å². The van der Waals surface area contributed by atoms with Crippen molar-refractivity contribution in [3.05, 3.63) is 65.2 Å². The molecule has 0 aromatic heterocycles. The van der Waals surface area contributed by atoms with Crippen molar-refractivity contribution in [1.29, 1.82) is 0 Å². The van der Waals surface area contributed by atoms with Crippen LogP contribution in [0.5, 0.6) is 11.5 Å². The van der Waals surface area contributed by atoms with Crippen LogP contribution in [0.3, 0.4) is 0 Å². The average molecular weight is 459 g/mol. The maximum Gasteiger partial charge on any atom is 0.164 e. The van der Waals surface area contributed by atoms with Crippen molar-refractivity contribution >= 4 is 5.57 Å². The van der Waals surface area contributed by atoms with Crippen molar-refractivity contribution in [3.63, 3.8) is 0 Å². The average Bonchev–Trinajstić information content (AvgIpc) is 2.78. The van der Waals surface area contributed by atoms with E-state index >= 15 is 0 Å². The summed E-state index contributed by atoms with van der Waals surface area (Å²) >= 11 is 0. The molecule has 0 atom stereocenters. The van der Waals surface area contributed by atoms with E-state index in [4.69, 9.17) is 29.2 Å². The van der Waals surface area contributed by atoms with E-state index in [0.29, 0.717) is 37.9 Å². The van der Waals surface area contributed by atoms with Gasteiger partial charge in [0.2, 0.25) is 0 Å². The van der Waals surface area contributed by atoms with Crippen LogP contribution in [0.2, 0.25) is 0 Å². The van der Waals surface area contributed by atoms with Gasteiger partial charge in [-0.15, -0.1) is 0 Å². The number of aliphatic hydroxyl groups is 2. The van der Waals surface area contributed by atoms with Gasteiger partial charge in [-0.05, 0) is 46.7 Å². The Hall–Kier alpha value is -2.38. The first-order valence-electron chi connectivity index (χ1n) is 11.4. The smallest absolute Gasteiger partial charge is 0.164 e. The third-order valence-corrected chi connectivity index (χ3v) is 4.64. The van der Waals surface area contributed by atoms with Crippen LogP contribution < -0.4 is 9.47 Å². The summed E-state index contributed by atoms with van der Waals surface area (Å²) in [6, 6.07) is 14.4. The van der Waals surface area contributed by atoms with Gasteiger partial charge in [0, 0.05) is 0 Å². The quantitative estimate of drug-likeness (QED) is 0.412. The van der Waals surface area contributed by atoms with Crippen molar-refractivity contribution < 1.29 is 29.2 Å². The van der Waals surface area contributed by atoms with Gasteiger partial charge in [-0.2, -0.15) is 0 Å². The highest BCUT2D eigenvalue weighted by atomic mass is 16.6. The first-order chi connectivity index (χ1) is 15.9. The van der Waals surface area contributed by atoms with Crippen LogP contribution in [-0.2, 0) is 9.47 Å². The zero-order chi connectivity index (χ0) is 24.1. The zero-order valence-electron chi connectivity index (χ0n) is 20.3.